The Morgan fingerprint density at radius 3 is 2.63 bits per heavy atom. The molecular weight excluding hydrogens is 276 g/mol. The summed E-state index contributed by atoms with van der Waals surface area (Å²) in [7, 11) is -3.90. The number of hydrogen-bond donors (Lipinski definition) is 1. The van der Waals surface area contributed by atoms with E-state index in [2.05, 4.69) is 0 Å². The van der Waals surface area contributed by atoms with Gasteiger partial charge in [0, 0.05) is 12.6 Å². The second kappa shape index (κ2) is 5.52. The first-order valence-electron chi connectivity index (χ1n) is 6.04. The molecular formula is C12H15F2NO3S. The van der Waals surface area contributed by atoms with Crippen molar-refractivity contribution in [3.63, 3.8) is 0 Å². The molecule has 0 saturated carbocycles. The van der Waals surface area contributed by atoms with Crippen LogP contribution in [-0.2, 0) is 10.0 Å². The minimum Gasteiger partial charge on any atom is -0.395 e. The van der Waals surface area contributed by atoms with E-state index in [4.69, 9.17) is 0 Å². The number of rotatable bonds is 3. The summed E-state index contributed by atoms with van der Waals surface area (Å²) in [5.41, 5.74) is 0. The highest BCUT2D eigenvalue weighted by molar-refractivity contribution is 7.89. The molecule has 0 amide bonds. The van der Waals surface area contributed by atoms with E-state index in [1.807, 2.05) is 0 Å². The Kier molecular flexibility index (Phi) is 4.17. The van der Waals surface area contributed by atoms with Crippen molar-refractivity contribution < 1.29 is 22.3 Å². The van der Waals surface area contributed by atoms with Gasteiger partial charge in [0.15, 0.2) is 11.6 Å². The van der Waals surface area contributed by atoms with E-state index in [0.29, 0.717) is 18.9 Å². The fourth-order valence-corrected chi connectivity index (χ4v) is 3.94. The maximum Gasteiger partial charge on any atom is 0.243 e. The van der Waals surface area contributed by atoms with Crippen LogP contribution in [-0.4, -0.2) is 37.0 Å². The van der Waals surface area contributed by atoms with Gasteiger partial charge in [-0.2, -0.15) is 4.31 Å². The fourth-order valence-electron chi connectivity index (χ4n) is 2.25. The lowest BCUT2D eigenvalue weighted by Gasteiger charge is -2.33. The summed E-state index contributed by atoms with van der Waals surface area (Å²) in [6, 6.07) is 2.01. The SMILES string of the molecule is O=S(=O)(c1ccc(F)c(F)c1)N1CCCCC1CO. The lowest BCUT2D eigenvalue weighted by molar-refractivity contribution is 0.155. The molecule has 0 spiro atoms. The van der Waals surface area contributed by atoms with Crippen LogP contribution in [0.4, 0.5) is 8.78 Å². The topological polar surface area (TPSA) is 57.6 Å². The zero-order valence-electron chi connectivity index (χ0n) is 10.2. The quantitative estimate of drug-likeness (QED) is 0.918. The van der Waals surface area contributed by atoms with Crippen molar-refractivity contribution in [3.8, 4) is 0 Å². The van der Waals surface area contributed by atoms with E-state index in [1.165, 1.54) is 4.31 Å². The van der Waals surface area contributed by atoms with E-state index < -0.39 is 27.7 Å². The highest BCUT2D eigenvalue weighted by Crippen LogP contribution is 2.25. The average molecular weight is 291 g/mol. The first kappa shape index (κ1) is 14.4. The Labute approximate surface area is 110 Å². The third-order valence-electron chi connectivity index (χ3n) is 3.28. The minimum atomic E-state index is -3.90. The average Bonchev–Trinajstić information content (AvgIpc) is 2.41. The summed E-state index contributed by atoms with van der Waals surface area (Å²) in [4.78, 5) is -0.285. The van der Waals surface area contributed by atoms with Gasteiger partial charge in [0.2, 0.25) is 10.0 Å². The van der Waals surface area contributed by atoms with Crippen molar-refractivity contribution in [1.82, 2.24) is 4.31 Å². The van der Waals surface area contributed by atoms with E-state index in [1.54, 1.807) is 0 Å². The maximum absolute atomic E-state index is 13.1. The highest BCUT2D eigenvalue weighted by atomic mass is 32.2. The number of halogens is 2. The van der Waals surface area contributed by atoms with Crippen LogP contribution in [0.5, 0.6) is 0 Å². The zero-order chi connectivity index (χ0) is 14.0. The second-order valence-electron chi connectivity index (χ2n) is 4.52. The number of sulfonamides is 1. The van der Waals surface area contributed by atoms with Crippen LogP contribution in [0.15, 0.2) is 23.1 Å². The molecule has 1 N–H and O–H groups in total. The number of aliphatic hydroxyl groups is 1. The number of nitrogens with zero attached hydrogens (tertiary/aromatic N) is 1. The summed E-state index contributed by atoms with van der Waals surface area (Å²) in [5, 5.41) is 9.23. The molecule has 4 nitrogen and oxygen atoms in total. The van der Waals surface area contributed by atoms with Gasteiger partial charge in [0.05, 0.1) is 11.5 Å². The van der Waals surface area contributed by atoms with Crippen LogP contribution >= 0.6 is 0 Å². The molecule has 106 valence electrons. The molecule has 1 saturated heterocycles. The molecule has 7 heteroatoms. The predicted molar refractivity (Wildman–Crippen MR) is 65.0 cm³/mol. The van der Waals surface area contributed by atoms with Gasteiger partial charge in [-0.15, -0.1) is 0 Å². The third-order valence-corrected chi connectivity index (χ3v) is 5.23. The van der Waals surface area contributed by atoms with Crippen molar-refractivity contribution in [2.75, 3.05) is 13.2 Å². The third kappa shape index (κ3) is 2.77. The zero-order valence-corrected chi connectivity index (χ0v) is 11.0. The molecule has 0 aromatic heterocycles. The Balaban J connectivity index is 2.37. The molecule has 1 aliphatic heterocycles. The highest BCUT2D eigenvalue weighted by Gasteiger charge is 2.33. The fraction of sp³-hybridized carbons (Fsp3) is 0.500. The normalized spacial score (nSPS) is 21.5. The van der Waals surface area contributed by atoms with Crippen LogP contribution < -0.4 is 0 Å². The Morgan fingerprint density at radius 1 is 1.26 bits per heavy atom. The second-order valence-corrected chi connectivity index (χ2v) is 6.41. The first-order chi connectivity index (χ1) is 8.96. The van der Waals surface area contributed by atoms with Crippen LogP contribution in [0.3, 0.4) is 0 Å². The summed E-state index contributed by atoms with van der Waals surface area (Å²) in [5.74, 6) is -2.28. The largest absolute Gasteiger partial charge is 0.395 e. The smallest absolute Gasteiger partial charge is 0.243 e. The van der Waals surface area contributed by atoms with Gasteiger partial charge in [-0.05, 0) is 31.0 Å². The summed E-state index contributed by atoms with van der Waals surface area (Å²) >= 11 is 0. The molecule has 1 atom stereocenters. The van der Waals surface area contributed by atoms with Gasteiger partial charge < -0.3 is 5.11 Å². The van der Waals surface area contributed by atoms with E-state index in [9.17, 15) is 22.3 Å². The molecule has 2 rings (SSSR count). The van der Waals surface area contributed by atoms with Crippen LogP contribution in [0.25, 0.3) is 0 Å². The molecule has 1 heterocycles. The van der Waals surface area contributed by atoms with Crippen LogP contribution in [0, 0.1) is 11.6 Å². The number of piperidine rings is 1. The van der Waals surface area contributed by atoms with Gasteiger partial charge in [-0.3, -0.25) is 0 Å². The molecule has 1 aliphatic rings. The van der Waals surface area contributed by atoms with Crippen LogP contribution in [0.2, 0.25) is 0 Å². The van der Waals surface area contributed by atoms with Crippen LogP contribution in [0.1, 0.15) is 19.3 Å². The molecule has 1 unspecified atom stereocenters. The van der Waals surface area contributed by atoms with Crippen molar-refractivity contribution in [2.24, 2.45) is 0 Å². The number of hydrogen-bond acceptors (Lipinski definition) is 3. The lowest BCUT2D eigenvalue weighted by atomic mass is 10.1. The van der Waals surface area contributed by atoms with Crippen molar-refractivity contribution in [3.05, 3.63) is 29.8 Å². The van der Waals surface area contributed by atoms with Gasteiger partial charge in [-0.25, -0.2) is 17.2 Å². The van der Waals surface area contributed by atoms with E-state index in [-0.39, 0.29) is 18.0 Å². The minimum absolute atomic E-state index is 0.275. The Hall–Kier alpha value is -1.05. The van der Waals surface area contributed by atoms with E-state index >= 15 is 0 Å². The molecule has 0 aliphatic carbocycles. The predicted octanol–water partition coefficient (Wildman–Crippen LogP) is 1.50. The molecule has 1 fully saturated rings. The maximum atomic E-state index is 13.1. The summed E-state index contributed by atoms with van der Waals surface area (Å²) in [6.45, 7) is 0.00939. The van der Waals surface area contributed by atoms with Gasteiger partial charge in [-0.1, -0.05) is 6.42 Å². The number of benzene rings is 1. The van der Waals surface area contributed by atoms with Crippen molar-refractivity contribution in [2.45, 2.75) is 30.2 Å². The standard InChI is InChI=1S/C12H15F2NO3S/c13-11-5-4-10(7-12(11)14)19(17,18)15-6-2-1-3-9(15)8-16/h4-5,7,9,16H,1-3,6,8H2. The Morgan fingerprint density at radius 2 is 2.00 bits per heavy atom. The molecule has 1 aromatic carbocycles. The van der Waals surface area contributed by atoms with Gasteiger partial charge in [0.25, 0.3) is 0 Å². The molecule has 19 heavy (non-hydrogen) atoms. The van der Waals surface area contributed by atoms with Gasteiger partial charge in [0.1, 0.15) is 0 Å². The molecule has 0 bridgehead atoms. The monoisotopic (exact) mass is 291 g/mol. The van der Waals surface area contributed by atoms with Gasteiger partial charge >= 0.3 is 0 Å². The molecule has 1 aromatic rings. The lowest BCUT2D eigenvalue weighted by Crippen LogP contribution is -2.45. The number of aliphatic hydroxyl groups excluding tert-OH is 1. The van der Waals surface area contributed by atoms with E-state index in [0.717, 1.165) is 18.6 Å². The van der Waals surface area contributed by atoms with Crippen molar-refractivity contribution in [1.29, 1.82) is 0 Å². The first-order valence-corrected chi connectivity index (χ1v) is 7.48. The molecule has 0 radical (unpaired) electrons. The summed E-state index contributed by atoms with van der Waals surface area (Å²) in [6.07, 6.45) is 2.10. The van der Waals surface area contributed by atoms with Crippen molar-refractivity contribution >= 4 is 10.0 Å². The summed E-state index contributed by atoms with van der Waals surface area (Å²) < 4.78 is 51.9. The Bertz CT molecular complexity index is 562.